The lowest BCUT2D eigenvalue weighted by atomic mass is 10.1. The molecule has 106 valence electrons. The quantitative estimate of drug-likeness (QED) is 0.805. The molecule has 1 heterocycles. The molecule has 1 aromatic heterocycles. The van der Waals surface area contributed by atoms with Gasteiger partial charge in [-0.3, -0.25) is 4.79 Å². The Morgan fingerprint density at radius 1 is 1.55 bits per heavy atom. The maximum absolute atomic E-state index is 12.2. The van der Waals surface area contributed by atoms with Gasteiger partial charge in [-0.25, -0.2) is 4.98 Å². The fourth-order valence-corrected chi connectivity index (χ4v) is 1.98. The minimum absolute atomic E-state index is 0.0395. The van der Waals surface area contributed by atoms with Gasteiger partial charge in [-0.05, 0) is 19.1 Å². The summed E-state index contributed by atoms with van der Waals surface area (Å²) in [6, 6.07) is 5.10. The zero-order valence-corrected chi connectivity index (χ0v) is 11.5. The van der Waals surface area contributed by atoms with Crippen LogP contribution in [-0.2, 0) is 6.54 Å². The Kier molecular flexibility index (Phi) is 4.24. The number of carbonyl (C=O) groups excluding carboxylic acids is 1. The smallest absolute Gasteiger partial charge is 0.253 e. The van der Waals surface area contributed by atoms with Gasteiger partial charge in [0.2, 0.25) is 0 Å². The van der Waals surface area contributed by atoms with Crippen molar-refractivity contribution < 1.29 is 9.53 Å². The number of rotatable bonds is 5. The monoisotopic (exact) mass is 274 g/mol. The highest BCUT2D eigenvalue weighted by Gasteiger charge is 2.15. The molecule has 0 fully saturated rings. The molecule has 6 heteroatoms. The van der Waals surface area contributed by atoms with E-state index in [1.807, 2.05) is 17.7 Å². The number of anilines is 1. The van der Waals surface area contributed by atoms with Crippen molar-refractivity contribution in [2.45, 2.75) is 19.5 Å². The number of nitrogens with two attached hydrogens (primary N) is 1. The van der Waals surface area contributed by atoms with Gasteiger partial charge >= 0.3 is 0 Å². The molecule has 0 bridgehead atoms. The lowest BCUT2D eigenvalue weighted by molar-refractivity contribution is 0.0937. The summed E-state index contributed by atoms with van der Waals surface area (Å²) in [5, 5.41) is 2.90. The largest absolute Gasteiger partial charge is 0.495 e. The molecule has 3 N–H and O–H groups in total. The molecule has 0 saturated heterocycles. The average molecular weight is 274 g/mol. The van der Waals surface area contributed by atoms with Crippen LogP contribution in [0.3, 0.4) is 0 Å². The molecule has 1 atom stereocenters. The number of ether oxygens (including phenoxy) is 1. The van der Waals surface area contributed by atoms with Crippen molar-refractivity contribution in [1.82, 2.24) is 14.9 Å². The third kappa shape index (κ3) is 3.09. The minimum atomic E-state index is -0.214. The molecule has 0 radical (unpaired) electrons. The van der Waals surface area contributed by atoms with Crippen molar-refractivity contribution >= 4 is 11.6 Å². The number of methoxy groups -OCH3 is 1. The van der Waals surface area contributed by atoms with E-state index in [0.717, 1.165) is 0 Å². The fraction of sp³-hybridized carbons (Fsp3) is 0.286. The summed E-state index contributed by atoms with van der Waals surface area (Å²) < 4.78 is 7.01. The van der Waals surface area contributed by atoms with Crippen molar-refractivity contribution in [2.24, 2.45) is 0 Å². The maximum Gasteiger partial charge on any atom is 0.253 e. The second-order valence-electron chi connectivity index (χ2n) is 4.56. The van der Waals surface area contributed by atoms with Crippen LogP contribution in [0.2, 0.25) is 0 Å². The van der Waals surface area contributed by atoms with Crippen LogP contribution in [0.25, 0.3) is 0 Å². The molecule has 0 saturated carbocycles. The molecule has 0 aliphatic heterocycles. The van der Waals surface area contributed by atoms with Crippen LogP contribution < -0.4 is 15.8 Å². The van der Waals surface area contributed by atoms with Crippen LogP contribution in [0.15, 0.2) is 36.9 Å². The van der Waals surface area contributed by atoms with E-state index in [9.17, 15) is 4.79 Å². The van der Waals surface area contributed by atoms with Crippen LogP contribution >= 0.6 is 0 Å². The number of aromatic nitrogens is 2. The van der Waals surface area contributed by atoms with Gasteiger partial charge < -0.3 is 20.4 Å². The zero-order chi connectivity index (χ0) is 14.5. The van der Waals surface area contributed by atoms with E-state index in [2.05, 4.69) is 10.3 Å². The first-order chi connectivity index (χ1) is 9.61. The Bertz CT molecular complexity index is 581. The van der Waals surface area contributed by atoms with E-state index in [4.69, 9.17) is 10.5 Å². The van der Waals surface area contributed by atoms with Crippen LogP contribution in [0, 0.1) is 0 Å². The summed E-state index contributed by atoms with van der Waals surface area (Å²) in [5.74, 6) is 0.286. The van der Waals surface area contributed by atoms with Crippen molar-refractivity contribution in [3.8, 4) is 5.75 Å². The van der Waals surface area contributed by atoms with E-state index < -0.39 is 0 Å². The van der Waals surface area contributed by atoms with Crippen molar-refractivity contribution in [3.05, 3.63) is 42.5 Å². The van der Waals surface area contributed by atoms with E-state index in [1.54, 1.807) is 30.7 Å². The SMILES string of the molecule is COc1cccc(C(=O)NC(C)Cn2ccnc2)c1N. The highest BCUT2D eigenvalue weighted by molar-refractivity contribution is 6.00. The first-order valence-electron chi connectivity index (χ1n) is 6.31. The number of nitrogen functional groups attached to an aromatic ring is 1. The average Bonchev–Trinajstić information content (AvgIpc) is 2.91. The molecule has 0 spiro atoms. The summed E-state index contributed by atoms with van der Waals surface area (Å²) >= 11 is 0. The Hall–Kier alpha value is -2.50. The van der Waals surface area contributed by atoms with Crippen molar-refractivity contribution in [2.75, 3.05) is 12.8 Å². The number of benzene rings is 1. The first kappa shape index (κ1) is 13.9. The molecule has 1 unspecified atom stereocenters. The number of amides is 1. The third-order valence-corrected chi connectivity index (χ3v) is 2.95. The summed E-state index contributed by atoms with van der Waals surface area (Å²) in [5.41, 5.74) is 6.67. The van der Waals surface area contributed by atoms with Crippen molar-refractivity contribution in [1.29, 1.82) is 0 Å². The van der Waals surface area contributed by atoms with E-state index in [-0.39, 0.29) is 11.9 Å². The zero-order valence-electron chi connectivity index (χ0n) is 11.5. The van der Waals surface area contributed by atoms with Crippen molar-refractivity contribution in [3.63, 3.8) is 0 Å². The number of imidazole rings is 1. The number of para-hydroxylation sites is 1. The molecule has 2 rings (SSSR count). The number of nitrogens with one attached hydrogen (secondary N) is 1. The second-order valence-corrected chi connectivity index (χ2v) is 4.56. The summed E-state index contributed by atoms with van der Waals surface area (Å²) in [6.07, 6.45) is 5.26. The minimum Gasteiger partial charge on any atom is -0.495 e. The Morgan fingerprint density at radius 2 is 2.35 bits per heavy atom. The predicted octanol–water partition coefficient (Wildman–Crippen LogP) is 1.29. The van der Waals surface area contributed by atoms with Crippen LogP contribution in [0.4, 0.5) is 5.69 Å². The molecule has 0 aliphatic carbocycles. The number of hydrogen-bond acceptors (Lipinski definition) is 4. The Morgan fingerprint density at radius 3 is 3.00 bits per heavy atom. The topological polar surface area (TPSA) is 82.2 Å². The third-order valence-electron chi connectivity index (χ3n) is 2.95. The molecule has 1 aromatic carbocycles. The van der Waals surface area contributed by atoms with Gasteiger partial charge in [0.15, 0.2) is 0 Å². The van der Waals surface area contributed by atoms with Gasteiger partial charge in [0, 0.05) is 25.0 Å². The molecule has 1 amide bonds. The molecule has 0 aliphatic rings. The molecule has 6 nitrogen and oxygen atoms in total. The summed E-state index contributed by atoms with van der Waals surface area (Å²) in [7, 11) is 1.52. The lowest BCUT2D eigenvalue weighted by Gasteiger charge is -2.16. The maximum atomic E-state index is 12.2. The van der Waals surface area contributed by atoms with Crippen LogP contribution in [-0.4, -0.2) is 28.6 Å². The lowest BCUT2D eigenvalue weighted by Crippen LogP contribution is -2.35. The number of nitrogens with zero attached hydrogens (tertiary/aromatic N) is 2. The second kappa shape index (κ2) is 6.10. The highest BCUT2D eigenvalue weighted by Crippen LogP contribution is 2.24. The predicted molar refractivity (Wildman–Crippen MR) is 76.6 cm³/mol. The highest BCUT2D eigenvalue weighted by atomic mass is 16.5. The van der Waals surface area contributed by atoms with E-state index in [0.29, 0.717) is 23.5 Å². The van der Waals surface area contributed by atoms with Gasteiger partial charge in [-0.1, -0.05) is 6.07 Å². The Balaban J connectivity index is 2.04. The van der Waals surface area contributed by atoms with Gasteiger partial charge in [0.05, 0.1) is 24.7 Å². The molecular formula is C14H18N4O2. The first-order valence-corrected chi connectivity index (χ1v) is 6.31. The van der Waals surface area contributed by atoms with Gasteiger partial charge in [-0.15, -0.1) is 0 Å². The van der Waals surface area contributed by atoms with Gasteiger partial charge in [-0.2, -0.15) is 0 Å². The van der Waals surface area contributed by atoms with Gasteiger partial charge in [0.1, 0.15) is 5.75 Å². The van der Waals surface area contributed by atoms with E-state index >= 15 is 0 Å². The summed E-state index contributed by atoms with van der Waals surface area (Å²) in [6.45, 7) is 2.57. The van der Waals surface area contributed by atoms with Crippen LogP contribution in [0.5, 0.6) is 5.75 Å². The molecular weight excluding hydrogens is 256 g/mol. The molecule has 2 aromatic rings. The van der Waals surface area contributed by atoms with Gasteiger partial charge in [0.25, 0.3) is 5.91 Å². The Labute approximate surface area is 117 Å². The van der Waals surface area contributed by atoms with Crippen LogP contribution in [0.1, 0.15) is 17.3 Å². The fourth-order valence-electron chi connectivity index (χ4n) is 1.98. The normalized spacial score (nSPS) is 11.9. The molecule has 20 heavy (non-hydrogen) atoms. The number of hydrogen-bond donors (Lipinski definition) is 2. The standard InChI is InChI=1S/C14H18N4O2/c1-10(8-18-7-6-16-9-18)17-14(19)11-4-3-5-12(20-2)13(11)15/h3-7,9-10H,8,15H2,1-2H3,(H,17,19). The summed E-state index contributed by atoms with van der Waals surface area (Å²) in [4.78, 5) is 16.2. The van der Waals surface area contributed by atoms with E-state index in [1.165, 1.54) is 7.11 Å². The number of carbonyl (C=O) groups is 1.